The van der Waals surface area contributed by atoms with E-state index in [1.54, 1.807) is 24.3 Å². The Hall–Kier alpha value is -4.34. The molecule has 0 unspecified atom stereocenters. The molecular weight excluding hydrogens is 477 g/mol. The summed E-state index contributed by atoms with van der Waals surface area (Å²) in [5.41, 5.74) is 1.97. The first-order chi connectivity index (χ1) is 17.2. The van der Waals surface area contributed by atoms with Crippen LogP contribution in [0.5, 0.6) is 5.75 Å². The van der Waals surface area contributed by atoms with Crippen molar-refractivity contribution in [3.8, 4) is 5.75 Å². The molecule has 0 spiro atoms. The number of nitrogens with zero attached hydrogens (tertiary/aromatic N) is 2. The number of hydrogen-bond acceptors (Lipinski definition) is 5. The third-order valence-electron chi connectivity index (χ3n) is 5.43. The van der Waals surface area contributed by atoms with Crippen LogP contribution in [0.1, 0.15) is 21.5 Å². The highest BCUT2D eigenvalue weighted by Gasteiger charge is 2.32. The number of anilines is 1. The molecule has 2 amide bonds. The number of halogens is 3. The molecule has 1 aliphatic heterocycles. The maximum atomic E-state index is 13.2. The molecule has 1 heterocycles. The van der Waals surface area contributed by atoms with Crippen molar-refractivity contribution in [2.24, 2.45) is 0 Å². The Morgan fingerprint density at radius 2 is 1.53 bits per heavy atom. The Kier molecular flexibility index (Phi) is 7.23. The molecule has 4 rings (SSSR count). The number of carbonyl (C=O) groups is 3. The number of ether oxygens (including phenoxy) is 2. The molecule has 0 radical (unpaired) electrons. The van der Waals surface area contributed by atoms with E-state index in [0.717, 1.165) is 17.7 Å². The summed E-state index contributed by atoms with van der Waals surface area (Å²) >= 11 is 0. The summed E-state index contributed by atoms with van der Waals surface area (Å²) in [5, 5.41) is 0. The first-order valence-electron chi connectivity index (χ1n) is 10.9. The smallest absolute Gasteiger partial charge is 0.459 e. The maximum Gasteiger partial charge on any atom is 0.573 e. The number of fused-ring (bicyclic) bond motifs is 1. The SMILES string of the molecule is O=C(CN1Cc2ccccc2N(C(=O)c2ccc(OC(F)(F)F)cc2)CC1=O)OCc1ccccc1. The van der Waals surface area contributed by atoms with Crippen molar-refractivity contribution in [3.63, 3.8) is 0 Å². The number of amides is 2. The topological polar surface area (TPSA) is 76.2 Å². The first-order valence-corrected chi connectivity index (χ1v) is 10.9. The van der Waals surface area contributed by atoms with E-state index in [4.69, 9.17) is 4.74 Å². The lowest BCUT2D eigenvalue weighted by molar-refractivity contribution is -0.274. The second-order valence-corrected chi connectivity index (χ2v) is 7.99. The molecule has 0 atom stereocenters. The molecule has 0 saturated heterocycles. The predicted octanol–water partition coefficient (Wildman–Crippen LogP) is 4.32. The lowest BCUT2D eigenvalue weighted by atomic mass is 10.1. The molecular formula is C26H21F3N2O5. The fourth-order valence-electron chi connectivity index (χ4n) is 3.74. The zero-order valence-corrected chi connectivity index (χ0v) is 18.9. The number of para-hydroxylation sites is 1. The average Bonchev–Trinajstić information content (AvgIpc) is 2.99. The molecule has 0 fully saturated rings. The van der Waals surface area contributed by atoms with Gasteiger partial charge in [0.05, 0.1) is 0 Å². The molecule has 0 aliphatic carbocycles. The lowest BCUT2D eigenvalue weighted by Crippen LogP contribution is -2.42. The van der Waals surface area contributed by atoms with Crippen LogP contribution < -0.4 is 9.64 Å². The first kappa shape index (κ1) is 24.8. The van der Waals surface area contributed by atoms with Gasteiger partial charge in [0.15, 0.2) is 0 Å². The number of alkyl halides is 3. The Balaban J connectivity index is 1.49. The van der Waals surface area contributed by atoms with Gasteiger partial charge in [-0.1, -0.05) is 48.5 Å². The summed E-state index contributed by atoms with van der Waals surface area (Å²) in [7, 11) is 0. The van der Waals surface area contributed by atoms with Gasteiger partial charge in [0.1, 0.15) is 25.4 Å². The second-order valence-electron chi connectivity index (χ2n) is 7.99. The van der Waals surface area contributed by atoms with Gasteiger partial charge in [-0.2, -0.15) is 0 Å². The van der Waals surface area contributed by atoms with Crippen molar-refractivity contribution in [2.45, 2.75) is 19.5 Å². The van der Waals surface area contributed by atoms with E-state index < -0.39 is 29.9 Å². The molecule has 7 nitrogen and oxygen atoms in total. The van der Waals surface area contributed by atoms with Crippen molar-refractivity contribution in [1.82, 2.24) is 4.90 Å². The molecule has 1 aliphatic rings. The molecule has 0 bridgehead atoms. The van der Waals surface area contributed by atoms with Gasteiger partial charge in [0.25, 0.3) is 5.91 Å². The minimum atomic E-state index is -4.85. The molecule has 36 heavy (non-hydrogen) atoms. The third-order valence-corrected chi connectivity index (χ3v) is 5.43. The number of carbonyl (C=O) groups excluding carboxylic acids is 3. The Morgan fingerprint density at radius 1 is 0.861 bits per heavy atom. The van der Waals surface area contributed by atoms with E-state index in [9.17, 15) is 27.6 Å². The van der Waals surface area contributed by atoms with E-state index in [0.29, 0.717) is 11.3 Å². The Morgan fingerprint density at radius 3 is 2.22 bits per heavy atom. The summed E-state index contributed by atoms with van der Waals surface area (Å²) in [5.74, 6) is -2.12. The number of esters is 1. The molecule has 3 aromatic carbocycles. The average molecular weight is 498 g/mol. The summed E-state index contributed by atoms with van der Waals surface area (Å²) < 4.78 is 46.4. The second kappa shape index (κ2) is 10.5. The van der Waals surface area contributed by atoms with Crippen molar-refractivity contribution >= 4 is 23.5 Å². The molecule has 186 valence electrons. The van der Waals surface area contributed by atoms with Gasteiger partial charge in [-0.3, -0.25) is 19.3 Å². The van der Waals surface area contributed by atoms with Gasteiger partial charge in [0, 0.05) is 17.8 Å². The summed E-state index contributed by atoms with van der Waals surface area (Å²) in [6.07, 6.45) is -4.85. The summed E-state index contributed by atoms with van der Waals surface area (Å²) in [6, 6.07) is 20.4. The van der Waals surface area contributed by atoms with E-state index in [-0.39, 0.29) is 31.8 Å². The number of benzene rings is 3. The summed E-state index contributed by atoms with van der Waals surface area (Å²) in [6.45, 7) is -0.511. The van der Waals surface area contributed by atoms with E-state index >= 15 is 0 Å². The number of hydrogen-bond donors (Lipinski definition) is 0. The quantitative estimate of drug-likeness (QED) is 0.474. The van der Waals surface area contributed by atoms with Crippen LogP contribution in [0.15, 0.2) is 78.9 Å². The van der Waals surface area contributed by atoms with Crippen LogP contribution in [0.4, 0.5) is 18.9 Å². The van der Waals surface area contributed by atoms with Crippen LogP contribution in [0, 0.1) is 0 Å². The van der Waals surface area contributed by atoms with Crippen LogP contribution in [0.25, 0.3) is 0 Å². The van der Waals surface area contributed by atoms with Gasteiger partial charge in [-0.05, 0) is 41.5 Å². The van der Waals surface area contributed by atoms with E-state index in [1.807, 2.05) is 30.3 Å². The maximum absolute atomic E-state index is 13.2. The minimum absolute atomic E-state index is 0.0664. The standard InChI is InChI=1S/C26H21F3N2O5/c27-26(28,29)36-21-12-10-19(11-13-21)25(34)31-15-23(32)30(14-20-8-4-5-9-22(20)31)16-24(33)35-17-18-6-2-1-3-7-18/h1-13H,14-17H2. The van der Waals surface area contributed by atoms with Crippen LogP contribution in [-0.4, -0.2) is 42.1 Å². The molecule has 0 N–H and O–H groups in total. The normalized spacial score (nSPS) is 13.6. The van der Waals surface area contributed by atoms with Gasteiger partial charge in [-0.15, -0.1) is 13.2 Å². The zero-order chi connectivity index (χ0) is 25.7. The fraction of sp³-hybridized carbons (Fsp3) is 0.192. The lowest BCUT2D eigenvalue weighted by Gasteiger charge is -2.22. The third kappa shape index (κ3) is 6.21. The minimum Gasteiger partial charge on any atom is -0.459 e. The highest BCUT2D eigenvalue weighted by Crippen LogP contribution is 2.28. The van der Waals surface area contributed by atoms with E-state index in [1.165, 1.54) is 21.9 Å². The molecule has 3 aromatic rings. The largest absolute Gasteiger partial charge is 0.573 e. The highest BCUT2D eigenvalue weighted by molar-refractivity contribution is 6.09. The van der Waals surface area contributed by atoms with Crippen LogP contribution >= 0.6 is 0 Å². The van der Waals surface area contributed by atoms with Crippen molar-refractivity contribution in [1.29, 1.82) is 0 Å². The Labute approximate surface area is 204 Å². The van der Waals surface area contributed by atoms with Gasteiger partial charge in [-0.25, -0.2) is 0 Å². The van der Waals surface area contributed by atoms with Gasteiger partial charge >= 0.3 is 12.3 Å². The molecule has 10 heteroatoms. The van der Waals surface area contributed by atoms with Crippen molar-refractivity contribution in [2.75, 3.05) is 18.0 Å². The number of rotatable bonds is 6. The van der Waals surface area contributed by atoms with Gasteiger partial charge < -0.3 is 14.4 Å². The van der Waals surface area contributed by atoms with Crippen molar-refractivity contribution < 1.29 is 37.0 Å². The van der Waals surface area contributed by atoms with E-state index in [2.05, 4.69) is 4.74 Å². The van der Waals surface area contributed by atoms with Crippen molar-refractivity contribution in [3.05, 3.63) is 95.6 Å². The summed E-state index contributed by atoms with van der Waals surface area (Å²) in [4.78, 5) is 41.3. The van der Waals surface area contributed by atoms with Crippen LogP contribution in [0.3, 0.4) is 0 Å². The van der Waals surface area contributed by atoms with Gasteiger partial charge in [0.2, 0.25) is 5.91 Å². The predicted molar refractivity (Wildman–Crippen MR) is 123 cm³/mol. The molecule has 0 saturated carbocycles. The monoisotopic (exact) mass is 498 g/mol. The Bertz CT molecular complexity index is 1250. The molecule has 0 aromatic heterocycles. The highest BCUT2D eigenvalue weighted by atomic mass is 19.4. The fourth-order valence-corrected chi connectivity index (χ4v) is 3.74. The van der Waals surface area contributed by atoms with Crippen LogP contribution in [0.2, 0.25) is 0 Å². The zero-order valence-electron chi connectivity index (χ0n) is 18.9. The van der Waals surface area contributed by atoms with Crippen LogP contribution in [-0.2, 0) is 27.5 Å².